The lowest BCUT2D eigenvalue weighted by Crippen LogP contribution is -2.26. The molecule has 0 saturated carbocycles. The standard InChI is InChI=1S/C17H28FNO/c1-4-9-20-10-8-16(13-19-12-14(2)3)15-6-5-7-17(18)11-15/h5-7,11,14,16,19H,4,8-10,12-13H2,1-3H3. The van der Waals surface area contributed by atoms with Crippen molar-refractivity contribution in [2.75, 3.05) is 26.3 Å². The van der Waals surface area contributed by atoms with Crippen molar-refractivity contribution in [1.29, 1.82) is 0 Å². The summed E-state index contributed by atoms with van der Waals surface area (Å²) in [5, 5.41) is 3.47. The topological polar surface area (TPSA) is 21.3 Å². The van der Waals surface area contributed by atoms with Crippen LogP contribution in [0, 0.1) is 11.7 Å². The molecule has 20 heavy (non-hydrogen) atoms. The van der Waals surface area contributed by atoms with Crippen LogP contribution in [-0.4, -0.2) is 26.3 Å². The average molecular weight is 281 g/mol. The smallest absolute Gasteiger partial charge is 0.123 e. The van der Waals surface area contributed by atoms with Crippen molar-refractivity contribution in [1.82, 2.24) is 5.32 Å². The van der Waals surface area contributed by atoms with Gasteiger partial charge in [0.15, 0.2) is 0 Å². The van der Waals surface area contributed by atoms with Gasteiger partial charge in [-0.1, -0.05) is 32.9 Å². The van der Waals surface area contributed by atoms with E-state index in [0.717, 1.165) is 44.7 Å². The third-order valence-electron chi connectivity index (χ3n) is 3.22. The van der Waals surface area contributed by atoms with E-state index in [2.05, 4.69) is 26.1 Å². The maximum Gasteiger partial charge on any atom is 0.123 e. The molecule has 1 aromatic carbocycles. The number of benzene rings is 1. The molecule has 0 radical (unpaired) electrons. The Balaban J connectivity index is 2.53. The molecule has 0 aliphatic carbocycles. The highest BCUT2D eigenvalue weighted by molar-refractivity contribution is 5.21. The molecule has 0 fully saturated rings. The van der Waals surface area contributed by atoms with Gasteiger partial charge in [-0.25, -0.2) is 4.39 Å². The van der Waals surface area contributed by atoms with Crippen LogP contribution in [-0.2, 0) is 4.74 Å². The van der Waals surface area contributed by atoms with Gasteiger partial charge in [-0.05, 0) is 48.9 Å². The van der Waals surface area contributed by atoms with Gasteiger partial charge in [-0.2, -0.15) is 0 Å². The molecule has 0 saturated heterocycles. The lowest BCUT2D eigenvalue weighted by Gasteiger charge is -2.19. The third kappa shape index (κ3) is 7.01. The van der Waals surface area contributed by atoms with Crippen LogP contribution in [0.15, 0.2) is 24.3 Å². The van der Waals surface area contributed by atoms with Gasteiger partial charge < -0.3 is 10.1 Å². The highest BCUT2D eigenvalue weighted by atomic mass is 19.1. The second kappa shape index (κ2) is 9.89. The Labute approximate surface area is 122 Å². The average Bonchev–Trinajstić information content (AvgIpc) is 2.41. The van der Waals surface area contributed by atoms with E-state index in [0.29, 0.717) is 11.8 Å². The van der Waals surface area contributed by atoms with Gasteiger partial charge >= 0.3 is 0 Å². The number of ether oxygens (including phenoxy) is 1. The van der Waals surface area contributed by atoms with Crippen LogP contribution in [0.1, 0.15) is 45.1 Å². The summed E-state index contributed by atoms with van der Waals surface area (Å²) in [6, 6.07) is 6.93. The van der Waals surface area contributed by atoms with E-state index in [9.17, 15) is 4.39 Å². The lowest BCUT2D eigenvalue weighted by atomic mass is 9.95. The molecule has 0 aromatic heterocycles. The Morgan fingerprint density at radius 2 is 2.00 bits per heavy atom. The molecule has 1 rings (SSSR count). The molecule has 2 nitrogen and oxygen atoms in total. The SMILES string of the molecule is CCCOCCC(CNCC(C)C)c1cccc(F)c1. The van der Waals surface area contributed by atoms with Crippen molar-refractivity contribution in [3.8, 4) is 0 Å². The van der Waals surface area contributed by atoms with Gasteiger partial charge in [0.25, 0.3) is 0 Å². The minimum atomic E-state index is -0.161. The van der Waals surface area contributed by atoms with Gasteiger partial charge in [0.2, 0.25) is 0 Å². The molecule has 0 amide bonds. The fraction of sp³-hybridized carbons (Fsp3) is 0.647. The largest absolute Gasteiger partial charge is 0.381 e. The predicted molar refractivity (Wildman–Crippen MR) is 82.6 cm³/mol. The first-order valence-corrected chi connectivity index (χ1v) is 7.67. The quantitative estimate of drug-likeness (QED) is 0.655. The Morgan fingerprint density at radius 3 is 2.65 bits per heavy atom. The number of rotatable bonds is 10. The van der Waals surface area contributed by atoms with Gasteiger partial charge in [-0.3, -0.25) is 0 Å². The van der Waals surface area contributed by atoms with E-state index in [4.69, 9.17) is 4.74 Å². The maximum absolute atomic E-state index is 13.4. The number of halogens is 1. The Hall–Kier alpha value is -0.930. The number of nitrogens with one attached hydrogen (secondary N) is 1. The first kappa shape index (κ1) is 17.1. The van der Waals surface area contributed by atoms with Gasteiger partial charge in [0, 0.05) is 19.8 Å². The van der Waals surface area contributed by atoms with E-state index in [1.54, 1.807) is 12.1 Å². The lowest BCUT2D eigenvalue weighted by molar-refractivity contribution is 0.127. The first-order chi connectivity index (χ1) is 9.63. The van der Waals surface area contributed by atoms with Crippen LogP contribution in [0.5, 0.6) is 0 Å². The molecule has 1 atom stereocenters. The van der Waals surface area contributed by atoms with Crippen molar-refractivity contribution in [3.63, 3.8) is 0 Å². The first-order valence-electron chi connectivity index (χ1n) is 7.67. The fourth-order valence-electron chi connectivity index (χ4n) is 2.17. The summed E-state index contributed by atoms with van der Waals surface area (Å²) in [6.45, 7) is 9.88. The zero-order chi connectivity index (χ0) is 14.8. The minimum absolute atomic E-state index is 0.161. The fourth-order valence-corrected chi connectivity index (χ4v) is 2.17. The summed E-state index contributed by atoms with van der Waals surface area (Å²) in [7, 11) is 0. The second-order valence-corrected chi connectivity index (χ2v) is 5.71. The summed E-state index contributed by atoms with van der Waals surface area (Å²) >= 11 is 0. The van der Waals surface area contributed by atoms with E-state index in [1.165, 1.54) is 6.07 Å². The zero-order valence-corrected chi connectivity index (χ0v) is 13.0. The van der Waals surface area contributed by atoms with Crippen LogP contribution >= 0.6 is 0 Å². The monoisotopic (exact) mass is 281 g/mol. The summed E-state index contributed by atoms with van der Waals surface area (Å²) in [5.74, 6) is 0.770. The van der Waals surface area contributed by atoms with E-state index < -0.39 is 0 Å². The normalized spacial score (nSPS) is 12.8. The summed E-state index contributed by atoms with van der Waals surface area (Å²) in [6.07, 6.45) is 1.96. The molecule has 1 N–H and O–H groups in total. The number of hydrogen-bond acceptors (Lipinski definition) is 2. The molecule has 0 bridgehead atoms. The molecule has 0 spiro atoms. The second-order valence-electron chi connectivity index (χ2n) is 5.71. The van der Waals surface area contributed by atoms with Gasteiger partial charge in [0.05, 0.1) is 0 Å². The predicted octanol–water partition coefficient (Wildman–Crippen LogP) is 3.97. The molecule has 114 valence electrons. The third-order valence-corrected chi connectivity index (χ3v) is 3.22. The van der Waals surface area contributed by atoms with Crippen molar-refractivity contribution >= 4 is 0 Å². The molecule has 1 unspecified atom stereocenters. The van der Waals surface area contributed by atoms with Gasteiger partial charge in [0.1, 0.15) is 5.82 Å². The minimum Gasteiger partial charge on any atom is -0.381 e. The maximum atomic E-state index is 13.4. The summed E-state index contributed by atoms with van der Waals surface area (Å²) < 4.78 is 18.9. The van der Waals surface area contributed by atoms with Crippen LogP contribution in [0.2, 0.25) is 0 Å². The number of hydrogen-bond donors (Lipinski definition) is 1. The molecule has 3 heteroatoms. The molecule has 0 aliphatic rings. The van der Waals surface area contributed by atoms with Crippen molar-refractivity contribution in [2.45, 2.75) is 39.5 Å². The Bertz CT molecular complexity index is 368. The Kier molecular flexibility index (Phi) is 8.47. The molecule has 1 aromatic rings. The molecule has 0 heterocycles. The van der Waals surface area contributed by atoms with Crippen LogP contribution < -0.4 is 5.32 Å². The van der Waals surface area contributed by atoms with E-state index in [-0.39, 0.29) is 5.82 Å². The molecular formula is C17H28FNO. The van der Waals surface area contributed by atoms with Crippen molar-refractivity contribution in [3.05, 3.63) is 35.6 Å². The van der Waals surface area contributed by atoms with Crippen molar-refractivity contribution in [2.24, 2.45) is 5.92 Å². The zero-order valence-electron chi connectivity index (χ0n) is 13.0. The summed E-state index contributed by atoms with van der Waals surface area (Å²) in [5.41, 5.74) is 1.06. The van der Waals surface area contributed by atoms with E-state index >= 15 is 0 Å². The summed E-state index contributed by atoms with van der Waals surface area (Å²) in [4.78, 5) is 0. The molecular weight excluding hydrogens is 253 g/mol. The van der Waals surface area contributed by atoms with Crippen molar-refractivity contribution < 1.29 is 9.13 Å². The van der Waals surface area contributed by atoms with Gasteiger partial charge in [-0.15, -0.1) is 0 Å². The Morgan fingerprint density at radius 1 is 1.20 bits per heavy atom. The van der Waals surface area contributed by atoms with Crippen LogP contribution in [0.4, 0.5) is 4.39 Å². The molecule has 0 aliphatic heterocycles. The van der Waals surface area contributed by atoms with Crippen LogP contribution in [0.3, 0.4) is 0 Å². The highest BCUT2D eigenvalue weighted by Crippen LogP contribution is 2.20. The van der Waals surface area contributed by atoms with E-state index in [1.807, 2.05) is 6.07 Å². The highest BCUT2D eigenvalue weighted by Gasteiger charge is 2.12. The van der Waals surface area contributed by atoms with Crippen LogP contribution in [0.25, 0.3) is 0 Å².